The Kier molecular flexibility index (Phi) is 4.06. The molecule has 5 rings (SSSR count). The van der Waals surface area contributed by atoms with E-state index in [9.17, 15) is 0 Å². The summed E-state index contributed by atoms with van der Waals surface area (Å²) < 4.78 is 11.4. The zero-order chi connectivity index (χ0) is 18.8. The van der Waals surface area contributed by atoms with E-state index in [-0.39, 0.29) is 0 Å². The van der Waals surface area contributed by atoms with Gasteiger partial charge in [-0.05, 0) is 24.3 Å². The van der Waals surface area contributed by atoms with Gasteiger partial charge in [0.05, 0.1) is 12.8 Å². The van der Waals surface area contributed by atoms with Crippen molar-refractivity contribution < 1.29 is 8.83 Å². The van der Waals surface area contributed by atoms with Gasteiger partial charge in [0, 0.05) is 11.1 Å². The van der Waals surface area contributed by atoms with Crippen molar-refractivity contribution in [2.75, 3.05) is 5.32 Å². The van der Waals surface area contributed by atoms with Gasteiger partial charge in [-0.3, -0.25) is 0 Å². The number of benzene rings is 2. The number of hydrogen-bond donors (Lipinski definition) is 1. The number of fused-ring (bicyclic) bond motifs is 1. The van der Waals surface area contributed by atoms with Gasteiger partial charge in [-0.25, -0.2) is 9.97 Å². The summed E-state index contributed by atoms with van der Waals surface area (Å²) in [5.41, 5.74) is 2.83. The van der Waals surface area contributed by atoms with Crippen LogP contribution in [0.25, 0.3) is 34.1 Å². The maximum Gasteiger partial charge on any atom is 0.229 e. The van der Waals surface area contributed by atoms with Crippen LogP contribution in [0, 0.1) is 0 Å². The molecule has 0 bridgehead atoms. The van der Waals surface area contributed by atoms with Crippen molar-refractivity contribution in [2.24, 2.45) is 0 Å². The summed E-state index contributed by atoms with van der Waals surface area (Å²) in [6.45, 7) is 0.481. The van der Waals surface area contributed by atoms with E-state index in [1.807, 2.05) is 72.8 Å². The predicted octanol–water partition coefficient (Wildman–Crippen LogP) is 5.16. The lowest BCUT2D eigenvalue weighted by atomic mass is 10.2. The first kappa shape index (κ1) is 16.3. The molecule has 0 spiro atoms. The first-order chi connectivity index (χ1) is 13.9. The zero-order valence-electron chi connectivity index (χ0n) is 14.9. The van der Waals surface area contributed by atoms with Gasteiger partial charge in [0.25, 0.3) is 0 Å². The monoisotopic (exact) mass is 368 g/mol. The maximum absolute atomic E-state index is 6.02. The Hall–Kier alpha value is -3.93. The van der Waals surface area contributed by atoms with Gasteiger partial charge in [-0.15, -0.1) is 0 Å². The molecule has 0 aliphatic rings. The molecule has 0 atom stereocenters. The van der Waals surface area contributed by atoms with Crippen LogP contribution in [0.5, 0.6) is 0 Å². The highest BCUT2D eigenvalue weighted by Gasteiger charge is 2.17. The van der Waals surface area contributed by atoms with Crippen molar-refractivity contribution in [3.05, 3.63) is 84.8 Å². The minimum absolute atomic E-state index is 0.481. The highest BCUT2D eigenvalue weighted by molar-refractivity contribution is 5.84. The van der Waals surface area contributed by atoms with Crippen LogP contribution in [0.2, 0.25) is 0 Å². The maximum atomic E-state index is 6.02. The summed E-state index contributed by atoms with van der Waals surface area (Å²) >= 11 is 0. The number of aromatic nitrogens is 3. The minimum atomic E-state index is 0.481. The van der Waals surface area contributed by atoms with Gasteiger partial charge in [0.15, 0.2) is 11.6 Å². The molecular formula is C22H16N4O2. The van der Waals surface area contributed by atoms with E-state index >= 15 is 0 Å². The first-order valence-electron chi connectivity index (χ1n) is 8.92. The van der Waals surface area contributed by atoms with Crippen molar-refractivity contribution in [1.29, 1.82) is 0 Å². The molecule has 0 aliphatic heterocycles. The van der Waals surface area contributed by atoms with Crippen LogP contribution in [0.3, 0.4) is 0 Å². The fourth-order valence-corrected chi connectivity index (χ4v) is 2.95. The van der Waals surface area contributed by atoms with Crippen LogP contribution in [0.4, 0.5) is 5.82 Å². The van der Waals surface area contributed by atoms with Crippen molar-refractivity contribution >= 4 is 17.0 Å². The summed E-state index contributed by atoms with van der Waals surface area (Å²) in [6.07, 6.45) is 1.64. The van der Waals surface area contributed by atoms with E-state index in [1.165, 1.54) is 0 Å². The van der Waals surface area contributed by atoms with Crippen LogP contribution in [-0.4, -0.2) is 15.0 Å². The van der Waals surface area contributed by atoms with Gasteiger partial charge in [-0.1, -0.05) is 48.5 Å². The minimum Gasteiger partial charge on any atom is -0.467 e. The Morgan fingerprint density at radius 2 is 1.50 bits per heavy atom. The molecule has 0 saturated carbocycles. The molecule has 5 aromatic rings. The molecule has 0 fully saturated rings. The van der Waals surface area contributed by atoms with E-state index in [1.54, 1.807) is 6.26 Å². The van der Waals surface area contributed by atoms with E-state index < -0.39 is 0 Å². The number of furan rings is 1. The number of rotatable bonds is 5. The molecule has 0 aliphatic carbocycles. The Balaban J connectivity index is 1.62. The third-order valence-electron chi connectivity index (χ3n) is 4.32. The molecule has 0 radical (unpaired) electrons. The average molecular weight is 368 g/mol. The zero-order valence-corrected chi connectivity index (χ0v) is 14.9. The smallest absolute Gasteiger partial charge is 0.229 e. The molecule has 0 amide bonds. The molecule has 136 valence electrons. The van der Waals surface area contributed by atoms with Gasteiger partial charge >= 0.3 is 0 Å². The molecule has 1 N–H and O–H groups in total. The quantitative estimate of drug-likeness (QED) is 0.462. The molecule has 3 heterocycles. The molecule has 28 heavy (non-hydrogen) atoms. The number of nitrogens with zero attached hydrogens (tertiary/aromatic N) is 3. The number of hydrogen-bond acceptors (Lipinski definition) is 6. The predicted molar refractivity (Wildman–Crippen MR) is 107 cm³/mol. The third-order valence-corrected chi connectivity index (χ3v) is 4.32. The second kappa shape index (κ2) is 7.00. The van der Waals surface area contributed by atoms with Gasteiger partial charge in [-0.2, -0.15) is 4.98 Å². The highest BCUT2D eigenvalue weighted by atomic mass is 16.4. The van der Waals surface area contributed by atoms with Gasteiger partial charge < -0.3 is 14.2 Å². The lowest BCUT2D eigenvalue weighted by Crippen LogP contribution is -2.03. The van der Waals surface area contributed by atoms with Crippen molar-refractivity contribution in [3.8, 4) is 22.8 Å². The van der Waals surface area contributed by atoms with Crippen LogP contribution >= 0.6 is 0 Å². The fraction of sp³-hybridized carbons (Fsp3) is 0.0455. The van der Waals surface area contributed by atoms with E-state index in [2.05, 4.69) is 20.3 Å². The summed E-state index contributed by atoms with van der Waals surface area (Å²) in [6, 6.07) is 23.3. The number of anilines is 1. The van der Waals surface area contributed by atoms with Gasteiger partial charge in [0.2, 0.25) is 17.1 Å². The van der Waals surface area contributed by atoms with E-state index in [0.29, 0.717) is 35.3 Å². The number of oxazole rings is 1. The third kappa shape index (κ3) is 3.12. The summed E-state index contributed by atoms with van der Waals surface area (Å²) in [4.78, 5) is 13.9. The molecule has 6 nitrogen and oxygen atoms in total. The number of nitrogens with one attached hydrogen (secondary N) is 1. The molecule has 3 aromatic heterocycles. The second-order valence-electron chi connectivity index (χ2n) is 6.23. The molecule has 6 heteroatoms. The second-order valence-corrected chi connectivity index (χ2v) is 6.23. The fourth-order valence-electron chi connectivity index (χ4n) is 2.95. The van der Waals surface area contributed by atoms with Crippen molar-refractivity contribution in [2.45, 2.75) is 6.54 Å². The van der Waals surface area contributed by atoms with Gasteiger partial charge in [0.1, 0.15) is 5.76 Å². The molecule has 0 saturated heterocycles. The normalized spacial score (nSPS) is 11.0. The lowest BCUT2D eigenvalue weighted by Gasteiger charge is -2.06. The Bertz CT molecular complexity index is 1200. The molecule has 0 unspecified atom stereocenters. The van der Waals surface area contributed by atoms with Crippen LogP contribution in [-0.2, 0) is 6.54 Å². The van der Waals surface area contributed by atoms with Crippen molar-refractivity contribution in [3.63, 3.8) is 0 Å². The Labute approximate surface area is 160 Å². The standard InChI is InChI=1S/C22H16N4O2/c1-3-8-15(9-4-1)19-24-20(23-14-17-12-7-13-27-17)18-21(25-19)26-22(28-18)16-10-5-2-6-11-16/h1-13H,14H2,(H,23,24,25). The van der Waals surface area contributed by atoms with E-state index in [4.69, 9.17) is 8.83 Å². The summed E-state index contributed by atoms with van der Waals surface area (Å²) in [7, 11) is 0. The van der Waals surface area contributed by atoms with Crippen LogP contribution in [0.15, 0.2) is 87.9 Å². The van der Waals surface area contributed by atoms with Crippen LogP contribution in [0.1, 0.15) is 5.76 Å². The largest absolute Gasteiger partial charge is 0.467 e. The topological polar surface area (TPSA) is 77.0 Å². The Morgan fingerprint density at radius 1 is 0.750 bits per heavy atom. The molecular weight excluding hydrogens is 352 g/mol. The summed E-state index contributed by atoms with van der Waals surface area (Å²) in [5, 5.41) is 3.29. The SMILES string of the molecule is c1ccc(-c2nc(NCc3ccco3)c3oc(-c4ccccc4)nc3n2)cc1. The average Bonchev–Trinajstić information content (AvgIpc) is 3.43. The summed E-state index contributed by atoms with van der Waals surface area (Å²) in [5.74, 6) is 2.48. The highest BCUT2D eigenvalue weighted by Crippen LogP contribution is 2.29. The van der Waals surface area contributed by atoms with Crippen molar-refractivity contribution in [1.82, 2.24) is 15.0 Å². The first-order valence-corrected chi connectivity index (χ1v) is 8.92. The van der Waals surface area contributed by atoms with Crippen LogP contribution < -0.4 is 5.32 Å². The molecule has 2 aromatic carbocycles. The Morgan fingerprint density at radius 3 is 2.21 bits per heavy atom. The lowest BCUT2D eigenvalue weighted by molar-refractivity contribution is 0.517. The van der Waals surface area contributed by atoms with E-state index in [0.717, 1.165) is 16.9 Å².